The Morgan fingerprint density at radius 2 is 2.33 bits per heavy atom. The van der Waals surface area contributed by atoms with Gasteiger partial charge in [0, 0.05) is 11.3 Å². The highest BCUT2D eigenvalue weighted by Crippen LogP contribution is 2.29. The van der Waals surface area contributed by atoms with E-state index in [2.05, 4.69) is 4.98 Å². The molecular weight excluding hydrogens is 232 g/mol. The molecule has 0 aliphatic carbocycles. The number of rotatable bonds is 2. The van der Waals surface area contributed by atoms with Gasteiger partial charge in [-0.15, -0.1) is 11.3 Å². The first-order valence-corrected chi connectivity index (χ1v) is 7.60. The summed E-state index contributed by atoms with van der Waals surface area (Å²) in [4.78, 5) is 5.31. The third-order valence-corrected chi connectivity index (χ3v) is 5.52. The lowest BCUT2D eigenvalue weighted by molar-refractivity contribution is 0.591. The third-order valence-electron chi connectivity index (χ3n) is 2.55. The molecule has 0 bridgehead atoms. The summed E-state index contributed by atoms with van der Waals surface area (Å²) >= 11 is 1.46. The maximum Gasteiger partial charge on any atom is 0.155 e. The van der Waals surface area contributed by atoms with Crippen LogP contribution in [0, 0.1) is 0 Å². The minimum atomic E-state index is -2.89. The number of hydrogen-bond acceptors (Lipinski definition) is 5. The van der Waals surface area contributed by atoms with Crippen molar-refractivity contribution in [2.45, 2.75) is 31.6 Å². The third kappa shape index (κ3) is 2.21. The van der Waals surface area contributed by atoms with E-state index in [1.54, 1.807) is 0 Å². The molecule has 1 aromatic rings. The summed E-state index contributed by atoms with van der Waals surface area (Å²) in [6.07, 6.45) is 1.38. The molecule has 0 amide bonds. The van der Waals surface area contributed by atoms with Gasteiger partial charge in [0.1, 0.15) is 5.01 Å². The Morgan fingerprint density at radius 3 is 3.00 bits per heavy atom. The monoisotopic (exact) mass is 246 g/mol. The van der Waals surface area contributed by atoms with Crippen LogP contribution in [-0.4, -0.2) is 19.2 Å². The Kier molecular flexibility index (Phi) is 2.83. The van der Waals surface area contributed by atoms with Crippen molar-refractivity contribution in [3.63, 3.8) is 0 Å². The molecule has 84 valence electrons. The van der Waals surface area contributed by atoms with Crippen LogP contribution >= 0.6 is 11.3 Å². The van der Waals surface area contributed by atoms with Gasteiger partial charge in [0.2, 0.25) is 0 Å². The summed E-state index contributed by atoms with van der Waals surface area (Å²) in [5, 5.41) is 0.875. The Bertz CT molecular complexity index is 464. The van der Waals surface area contributed by atoms with Crippen LogP contribution in [0.3, 0.4) is 0 Å². The van der Waals surface area contributed by atoms with Gasteiger partial charge in [0.05, 0.1) is 23.2 Å². The molecule has 2 heterocycles. The molecule has 0 aromatic carbocycles. The van der Waals surface area contributed by atoms with E-state index in [4.69, 9.17) is 5.73 Å². The molecule has 6 heteroatoms. The van der Waals surface area contributed by atoms with Crippen LogP contribution in [0.25, 0.3) is 0 Å². The summed E-state index contributed by atoms with van der Waals surface area (Å²) in [5.74, 6) is 0.376. The summed E-state index contributed by atoms with van der Waals surface area (Å²) in [6.45, 7) is 2.00. The summed E-state index contributed by atoms with van der Waals surface area (Å²) < 4.78 is 22.8. The summed E-state index contributed by atoms with van der Waals surface area (Å²) in [5.41, 5.74) is 6.81. The van der Waals surface area contributed by atoms with Crippen LogP contribution in [0.15, 0.2) is 0 Å². The number of hydrogen-bond donors (Lipinski definition) is 1. The number of aryl methyl sites for hydroxylation is 1. The van der Waals surface area contributed by atoms with Gasteiger partial charge in [-0.1, -0.05) is 6.92 Å². The molecule has 0 fully saturated rings. The molecule has 0 spiro atoms. The highest BCUT2D eigenvalue weighted by Gasteiger charge is 2.25. The van der Waals surface area contributed by atoms with Crippen LogP contribution < -0.4 is 5.73 Å². The smallest absolute Gasteiger partial charge is 0.155 e. The average molecular weight is 246 g/mol. The molecule has 1 unspecified atom stereocenters. The minimum Gasteiger partial charge on any atom is -0.322 e. The van der Waals surface area contributed by atoms with Crippen molar-refractivity contribution in [1.82, 2.24) is 4.98 Å². The predicted octanol–water partition coefficient (Wildman–Crippen LogP) is 1.02. The second-order valence-corrected chi connectivity index (χ2v) is 7.08. The molecular formula is C9H14N2O2S2. The molecule has 1 aliphatic rings. The van der Waals surface area contributed by atoms with E-state index in [1.807, 2.05) is 6.92 Å². The van der Waals surface area contributed by atoms with Crippen molar-refractivity contribution >= 4 is 21.2 Å². The number of sulfone groups is 1. The van der Waals surface area contributed by atoms with Crippen molar-refractivity contribution in [1.29, 1.82) is 0 Å². The van der Waals surface area contributed by atoms with Crippen LogP contribution in [0.1, 0.15) is 35.0 Å². The van der Waals surface area contributed by atoms with Crippen LogP contribution in [0.4, 0.5) is 0 Å². The molecule has 1 aliphatic heterocycles. The van der Waals surface area contributed by atoms with Gasteiger partial charge in [-0.2, -0.15) is 0 Å². The van der Waals surface area contributed by atoms with Gasteiger partial charge in [0.25, 0.3) is 0 Å². The van der Waals surface area contributed by atoms with E-state index >= 15 is 0 Å². The standard InChI is InChI=1S/C9H14N2O2S2/c1-2-6(10)9-11-7-3-4-15(12,13)5-8(7)14-9/h6H,2-5,10H2,1H3. The first-order chi connectivity index (χ1) is 7.02. The lowest BCUT2D eigenvalue weighted by atomic mass is 10.2. The Morgan fingerprint density at radius 1 is 1.60 bits per heavy atom. The van der Waals surface area contributed by atoms with Gasteiger partial charge >= 0.3 is 0 Å². The van der Waals surface area contributed by atoms with Crippen LogP contribution in [-0.2, 0) is 22.0 Å². The zero-order valence-electron chi connectivity index (χ0n) is 8.56. The summed E-state index contributed by atoms with van der Waals surface area (Å²) in [6, 6.07) is -0.0525. The number of thiazole rings is 1. The fourth-order valence-electron chi connectivity index (χ4n) is 1.57. The van der Waals surface area contributed by atoms with Crippen LogP contribution in [0.5, 0.6) is 0 Å². The average Bonchev–Trinajstić information content (AvgIpc) is 2.57. The van der Waals surface area contributed by atoms with E-state index in [-0.39, 0.29) is 17.5 Å². The van der Waals surface area contributed by atoms with Crippen molar-refractivity contribution in [2.75, 3.05) is 5.75 Å². The topological polar surface area (TPSA) is 73.0 Å². The SMILES string of the molecule is CCC(N)c1nc2c(s1)CS(=O)(=O)CC2. The Labute approximate surface area is 93.4 Å². The minimum absolute atomic E-state index is 0.0525. The van der Waals surface area contributed by atoms with E-state index in [1.165, 1.54) is 11.3 Å². The van der Waals surface area contributed by atoms with E-state index in [9.17, 15) is 8.42 Å². The number of fused-ring (bicyclic) bond motifs is 1. The highest BCUT2D eigenvalue weighted by molar-refractivity contribution is 7.90. The van der Waals surface area contributed by atoms with Crippen LogP contribution in [0.2, 0.25) is 0 Å². The number of nitrogens with two attached hydrogens (primary N) is 1. The van der Waals surface area contributed by atoms with Gasteiger partial charge < -0.3 is 5.73 Å². The lowest BCUT2D eigenvalue weighted by Gasteiger charge is -2.09. The second kappa shape index (κ2) is 3.84. The van der Waals surface area contributed by atoms with Crippen molar-refractivity contribution in [2.24, 2.45) is 5.73 Å². The molecule has 2 N–H and O–H groups in total. The summed E-state index contributed by atoms with van der Waals surface area (Å²) in [7, 11) is -2.89. The lowest BCUT2D eigenvalue weighted by Crippen LogP contribution is -2.17. The van der Waals surface area contributed by atoms with Crippen molar-refractivity contribution in [3.05, 3.63) is 15.6 Å². The molecule has 0 saturated carbocycles. The Balaban J connectivity index is 2.33. The number of nitrogens with zero attached hydrogens (tertiary/aromatic N) is 1. The van der Waals surface area contributed by atoms with Gasteiger partial charge in [0.15, 0.2) is 9.84 Å². The van der Waals surface area contributed by atoms with E-state index < -0.39 is 9.84 Å². The fourth-order valence-corrected chi connectivity index (χ4v) is 4.55. The van der Waals surface area contributed by atoms with E-state index in [0.717, 1.165) is 22.0 Å². The molecule has 1 aromatic heterocycles. The van der Waals surface area contributed by atoms with Gasteiger partial charge in [-0.05, 0) is 6.42 Å². The second-order valence-electron chi connectivity index (χ2n) is 3.78. The fraction of sp³-hybridized carbons (Fsp3) is 0.667. The highest BCUT2D eigenvalue weighted by atomic mass is 32.2. The molecule has 15 heavy (non-hydrogen) atoms. The van der Waals surface area contributed by atoms with Gasteiger partial charge in [-0.3, -0.25) is 0 Å². The first kappa shape index (κ1) is 11.0. The molecule has 0 saturated heterocycles. The molecule has 0 radical (unpaired) electrons. The van der Waals surface area contributed by atoms with Crippen molar-refractivity contribution in [3.8, 4) is 0 Å². The first-order valence-electron chi connectivity index (χ1n) is 4.96. The maximum atomic E-state index is 11.4. The Hall–Kier alpha value is -0.460. The normalized spacial score (nSPS) is 20.9. The van der Waals surface area contributed by atoms with Gasteiger partial charge in [-0.25, -0.2) is 13.4 Å². The molecule has 1 atom stereocenters. The molecule has 2 rings (SSSR count). The van der Waals surface area contributed by atoms with Crippen molar-refractivity contribution < 1.29 is 8.42 Å². The predicted molar refractivity (Wildman–Crippen MR) is 60.5 cm³/mol. The zero-order chi connectivity index (χ0) is 11.1. The number of aromatic nitrogens is 1. The quantitative estimate of drug-likeness (QED) is 0.845. The largest absolute Gasteiger partial charge is 0.322 e. The van der Waals surface area contributed by atoms with E-state index in [0.29, 0.717) is 6.42 Å². The zero-order valence-corrected chi connectivity index (χ0v) is 10.2. The molecule has 4 nitrogen and oxygen atoms in total. The maximum absolute atomic E-state index is 11.4.